The summed E-state index contributed by atoms with van der Waals surface area (Å²) in [5.74, 6) is 0.987. The van der Waals surface area contributed by atoms with Gasteiger partial charge in [0.1, 0.15) is 12.1 Å². The van der Waals surface area contributed by atoms with Gasteiger partial charge in [-0.25, -0.2) is 15.0 Å². The molecule has 0 radical (unpaired) electrons. The van der Waals surface area contributed by atoms with E-state index in [4.69, 9.17) is 0 Å². The van der Waals surface area contributed by atoms with Crippen LogP contribution in [0.2, 0.25) is 0 Å². The van der Waals surface area contributed by atoms with E-state index in [1.165, 1.54) is 0 Å². The first kappa shape index (κ1) is 12.6. The number of anilines is 1. The number of nitrogens with zero attached hydrogens (tertiary/aromatic N) is 5. The number of para-hydroxylation sites is 1. The SMILES string of the molecule is CN(CCCn1ccnc1)c1ncnc2ccccc12. The highest BCUT2D eigenvalue weighted by molar-refractivity contribution is 5.88. The molecule has 3 rings (SSSR count). The van der Waals surface area contributed by atoms with Gasteiger partial charge in [0.15, 0.2) is 0 Å². The first-order valence-electron chi connectivity index (χ1n) is 6.71. The zero-order chi connectivity index (χ0) is 13.8. The van der Waals surface area contributed by atoms with Crippen LogP contribution in [0.1, 0.15) is 6.42 Å². The van der Waals surface area contributed by atoms with E-state index in [1.54, 1.807) is 6.33 Å². The third-order valence-corrected chi connectivity index (χ3v) is 3.35. The van der Waals surface area contributed by atoms with Gasteiger partial charge in [-0.15, -0.1) is 0 Å². The fraction of sp³-hybridized carbons (Fsp3) is 0.267. The van der Waals surface area contributed by atoms with E-state index < -0.39 is 0 Å². The molecular formula is C15H17N5. The second kappa shape index (κ2) is 5.69. The molecule has 0 aliphatic rings. The molecule has 2 heterocycles. The van der Waals surface area contributed by atoms with Crippen LogP contribution >= 0.6 is 0 Å². The molecule has 0 N–H and O–H groups in total. The number of benzene rings is 1. The number of rotatable bonds is 5. The summed E-state index contributed by atoms with van der Waals surface area (Å²) in [6.07, 6.45) is 8.32. The smallest absolute Gasteiger partial charge is 0.139 e. The Balaban J connectivity index is 1.70. The van der Waals surface area contributed by atoms with Crippen LogP contribution < -0.4 is 4.90 Å². The molecule has 0 aliphatic heterocycles. The molecule has 0 bridgehead atoms. The van der Waals surface area contributed by atoms with Crippen LogP contribution in [0.4, 0.5) is 5.82 Å². The molecule has 0 amide bonds. The van der Waals surface area contributed by atoms with Crippen LogP contribution in [0.15, 0.2) is 49.3 Å². The van der Waals surface area contributed by atoms with Gasteiger partial charge in [0.05, 0.1) is 11.8 Å². The number of aromatic nitrogens is 4. The Bertz CT molecular complexity index is 672. The second-order valence-electron chi connectivity index (χ2n) is 4.79. The molecule has 0 aliphatic carbocycles. The average Bonchev–Trinajstić information content (AvgIpc) is 3.00. The van der Waals surface area contributed by atoms with Gasteiger partial charge in [-0.05, 0) is 18.6 Å². The molecule has 20 heavy (non-hydrogen) atoms. The van der Waals surface area contributed by atoms with Gasteiger partial charge < -0.3 is 9.47 Å². The normalized spacial score (nSPS) is 10.8. The van der Waals surface area contributed by atoms with Crippen LogP contribution in [0, 0.1) is 0 Å². The molecule has 0 saturated heterocycles. The van der Waals surface area contributed by atoms with Crippen molar-refractivity contribution in [3.63, 3.8) is 0 Å². The summed E-state index contributed by atoms with van der Waals surface area (Å²) in [6.45, 7) is 1.91. The molecule has 1 aromatic carbocycles. The fourth-order valence-corrected chi connectivity index (χ4v) is 2.31. The van der Waals surface area contributed by atoms with Crippen molar-refractivity contribution in [3.05, 3.63) is 49.3 Å². The molecule has 2 aromatic heterocycles. The fourth-order valence-electron chi connectivity index (χ4n) is 2.31. The van der Waals surface area contributed by atoms with Crippen molar-refractivity contribution < 1.29 is 0 Å². The lowest BCUT2D eigenvalue weighted by molar-refractivity contribution is 0.636. The van der Waals surface area contributed by atoms with E-state index >= 15 is 0 Å². The minimum absolute atomic E-state index is 0.944. The van der Waals surface area contributed by atoms with E-state index in [2.05, 4.69) is 37.5 Å². The summed E-state index contributed by atoms with van der Waals surface area (Å²) in [5, 5.41) is 1.10. The third kappa shape index (κ3) is 2.61. The zero-order valence-electron chi connectivity index (χ0n) is 11.5. The topological polar surface area (TPSA) is 46.8 Å². The molecule has 0 spiro atoms. The van der Waals surface area contributed by atoms with Gasteiger partial charge in [0.25, 0.3) is 0 Å². The Hall–Kier alpha value is -2.43. The molecule has 0 saturated carbocycles. The van der Waals surface area contributed by atoms with E-state index in [9.17, 15) is 0 Å². The summed E-state index contributed by atoms with van der Waals surface area (Å²) in [5.41, 5.74) is 0.985. The van der Waals surface area contributed by atoms with E-state index in [0.29, 0.717) is 0 Å². The molecule has 0 fully saturated rings. The minimum atomic E-state index is 0.944. The lowest BCUT2D eigenvalue weighted by Gasteiger charge is -2.19. The maximum atomic E-state index is 4.42. The number of hydrogen-bond acceptors (Lipinski definition) is 4. The standard InChI is InChI=1S/C15H17N5/c1-19(8-4-9-20-10-7-16-12-20)15-13-5-2-3-6-14(13)17-11-18-15/h2-3,5-7,10-12H,4,8-9H2,1H3. The molecule has 3 aromatic rings. The number of imidazole rings is 1. The molecule has 5 nitrogen and oxygen atoms in total. The maximum Gasteiger partial charge on any atom is 0.139 e. The number of aryl methyl sites for hydroxylation is 1. The summed E-state index contributed by atoms with van der Waals surface area (Å²) in [4.78, 5) is 14.9. The van der Waals surface area contributed by atoms with Crippen LogP contribution in [-0.4, -0.2) is 33.1 Å². The van der Waals surface area contributed by atoms with Crippen LogP contribution in [0.5, 0.6) is 0 Å². The highest BCUT2D eigenvalue weighted by Crippen LogP contribution is 2.21. The van der Waals surface area contributed by atoms with Crippen LogP contribution in [0.3, 0.4) is 0 Å². The quantitative estimate of drug-likeness (QED) is 0.712. The van der Waals surface area contributed by atoms with Gasteiger partial charge in [0.2, 0.25) is 0 Å². The predicted molar refractivity (Wildman–Crippen MR) is 79.7 cm³/mol. The Labute approximate surface area is 117 Å². The van der Waals surface area contributed by atoms with Gasteiger partial charge in [-0.1, -0.05) is 12.1 Å². The summed E-state index contributed by atoms with van der Waals surface area (Å²) in [7, 11) is 2.07. The zero-order valence-corrected chi connectivity index (χ0v) is 11.5. The highest BCUT2D eigenvalue weighted by atomic mass is 15.2. The van der Waals surface area contributed by atoms with E-state index in [1.807, 2.05) is 36.9 Å². The van der Waals surface area contributed by atoms with Crippen molar-refractivity contribution in [2.24, 2.45) is 0 Å². The first-order chi connectivity index (χ1) is 9.84. The average molecular weight is 267 g/mol. The summed E-state index contributed by atoms with van der Waals surface area (Å²) in [6, 6.07) is 8.10. The van der Waals surface area contributed by atoms with Crippen molar-refractivity contribution in [2.75, 3.05) is 18.5 Å². The van der Waals surface area contributed by atoms with Crippen LogP contribution in [0.25, 0.3) is 10.9 Å². The lowest BCUT2D eigenvalue weighted by atomic mass is 10.2. The monoisotopic (exact) mass is 267 g/mol. The molecule has 102 valence electrons. The predicted octanol–water partition coefficient (Wildman–Crippen LogP) is 2.35. The van der Waals surface area contributed by atoms with Crippen molar-refractivity contribution in [1.82, 2.24) is 19.5 Å². The Morgan fingerprint density at radius 1 is 1.20 bits per heavy atom. The third-order valence-electron chi connectivity index (χ3n) is 3.35. The lowest BCUT2D eigenvalue weighted by Crippen LogP contribution is -2.21. The molecule has 5 heteroatoms. The molecular weight excluding hydrogens is 250 g/mol. The van der Waals surface area contributed by atoms with Crippen molar-refractivity contribution in [2.45, 2.75) is 13.0 Å². The van der Waals surface area contributed by atoms with Gasteiger partial charge >= 0.3 is 0 Å². The van der Waals surface area contributed by atoms with Gasteiger partial charge in [-0.3, -0.25) is 0 Å². The van der Waals surface area contributed by atoms with Crippen molar-refractivity contribution >= 4 is 16.7 Å². The van der Waals surface area contributed by atoms with Gasteiger partial charge in [-0.2, -0.15) is 0 Å². The highest BCUT2D eigenvalue weighted by Gasteiger charge is 2.07. The summed E-state index contributed by atoms with van der Waals surface area (Å²) < 4.78 is 2.09. The molecule has 0 unspecified atom stereocenters. The van der Waals surface area contributed by atoms with E-state index in [-0.39, 0.29) is 0 Å². The molecule has 0 atom stereocenters. The Morgan fingerprint density at radius 2 is 2.10 bits per heavy atom. The number of fused-ring (bicyclic) bond motifs is 1. The van der Waals surface area contributed by atoms with Crippen LogP contribution in [-0.2, 0) is 6.54 Å². The second-order valence-corrected chi connectivity index (χ2v) is 4.79. The largest absolute Gasteiger partial charge is 0.359 e. The number of hydrogen-bond donors (Lipinski definition) is 0. The van der Waals surface area contributed by atoms with Crippen molar-refractivity contribution in [3.8, 4) is 0 Å². The Kier molecular flexibility index (Phi) is 3.58. The maximum absolute atomic E-state index is 4.42. The Morgan fingerprint density at radius 3 is 2.95 bits per heavy atom. The first-order valence-corrected chi connectivity index (χ1v) is 6.71. The minimum Gasteiger partial charge on any atom is -0.359 e. The van der Waals surface area contributed by atoms with Gasteiger partial charge in [0, 0.05) is 37.9 Å². The summed E-state index contributed by atoms with van der Waals surface area (Å²) >= 11 is 0. The van der Waals surface area contributed by atoms with Crippen molar-refractivity contribution in [1.29, 1.82) is 0 Å². The van der Waals surface area contributed by atoms with E-state index in [0.717, 1.165) is 36.2 Å².